The Morgan fingerprint density at radius 1 is 1.18 bits per heavy atom. The van der Waals surface area contributed by atoms with Crippen LogP contribution in [0.4, 0.5) is 28.2 Å². The molecule has 0 heterocycles. The molecule has 0 aliphatic rings. The maximum Gasteiger partial charge on any atom is 0.310 e. The number of rotatable bonds is 5. The Morgan fingerprint density at radius 3 is 2.23 bits per heavy atom. The maximum atomic E-state index is 12.8. The number of halogens is 7. The van der Waals surface area contributed by atoms with Gasteiger partial charge >= 0.3 is 10.2 Å². The minimum absolute atomic E-state index is 0.0103. The number of nitrogens with two attached hydrogens (primary N) is 1. The first-order valence-electron chi connectivity index (χ1n) is 5.62. The Bertz CT molecular complexity index is 622. The molecule has 0 saturated heterocycles. The Morgan fingerprint density at radius 2 is 1.77 bits per heavy atom. The molecule has 3 nitrogen and oxygen atoms in total. The van der Waals surface area contributed by atoms with Crippen LogP contribution in [0, 0.1) is 0 Å². The van der Waals surface area contributed by atoms with E-state index in [1.165, 1.54) is 12.3 Å². The zero-order valence-electron chi connectivity index (χ0n) is 11.0. The van der Waals surface area contributed by atoms with Gasteiger partial charge in [-0.15, -0.1) is 0 Å². The Labute approximate surface area is 121 Å². The predicted octanol–water partition coefficient (Wildman–Crippen LogP) is 5.03. The highest BCUT2D eigenvalue weighted by atomic mass is 32.5. The SMILES string of the molecule is C/C=C\N/N=C(\N)c1cc(C(F)F)cc(S(F)(F)(F)(F)F)c1. The van der Waals surface area contributed by atoms with Crippen LogP contribution in [0.1, 0.15) is 24.5 Å². The monoisotopic (exact) mass is 351 g/mol. The van der Waals surface area contributed by atoms with Gasteiger partial charge < -0.3 is 5.73 Å². The van der Waals surface area contributed by atoms with Crippen molar-refractivity contribution in [1.82, 2.24) is 5.43 Å². The summed E-state index contributed by atoms with van der Waals surface area (Å²) in [7, 11) is -10.1. The largest absolute Gasteiger partial charge is 0.382 e. The number of allylic oxidation sites excluding steroid dienone is 1. The molecule has 0 amide bonds. The van der Waals surface area contributed by atoms with Gasteiger partial charge in [0.25, 0.3) is 6.43 Å². The highest BCUT2D eigenvalue weighted by molar-refractivity contribution is 8.45. The number of hydrazone groups is 1. The number of hydrogen-bond donors (Lipinski definition) is 2. The summed E-state index contributed by atoms with van der Waals surface area (Å²) < 4.78 is 89.2. The zero-order chi connectivity index (χ0) is 17.2. The maximum absolute atomic E-state index is 12.8. The van der Waals surface area contributed by atoms with E-state index in [4.69, 9.17) is 5.73 Å². The van der Waals surface area contributed by atoms with Gasteiger partial charge in [-0.05, 0) is 25.1 Å². The minimum Gasteiger partial charge on any atom is -0.382 e. The van der Waals surface area contributed by atoms with Crippen LogP contribution < -0.4 is 11.2 Å². The van der Waals surface area contributed by atoms with Crippen molar-refractivity contribution in [2.24, 2.45) is 10.8 Å². The molecule has 0 bridgehead atoms. The second-order valence-corrected chi connectivity index (χ2v) is 6.60. The summed E-state index contributed by atoms with van der Waals surface area (Å²) in [4.78, 5) is -2.45. The number of nitrogens with zero attached hydrogens (tertiary/aromatic N) is 1. The first kappa shape index (κ1) is 18.1. The fourth-order valence-electron chi connectivity index (χ4n) is 1.36. The molecule has 0 fully saturated rings. The van der Waals surface area contributed by atoms with Crippen LogP contribution in [0.5, 0.6) is 0 Å². The molecular formula is C11H12F7N3S. The topological polar surface area (TPSA) is 50.4 Å². The smallest absolute Gasteiger partial charge is 0.310 e. The Hall–Kier alpha value is -1.91. The average molecular weight is 351 g/mol. The highest BCUT2D eigenvalue weighted by Crippen LogP contribution is 3.02. The molecule has 11 heteroatoms. The second-order valence-electron chi connectivity index (χ2n) is 4.19. The zero-order valence-corrected chi connectivity index (χ0v) is 11.9. The molecule has 0 aliphatic carbocycles. The molecule has 0 saturated carbocycles. The lowest BCUT2D eigenvalue weighted by molar-refractivity contribution is 0.151. The van der Waals surface area contributed by atoms with Crippen LogP contribution in [-0.2, 0) is 0 Å². The van der Waals surface area contributed by atoms with Crippen molar-refractivity contribution in [2.45, 2.75) is 18.2 Å². The molecule has 1 aromatic rings. The fraction of sp³-hybridized carbons (Fsp3) is 0.182. The van der Waals surface area contributed by atoms with Crippen molar-refractivity contribution in [3.63, 3.8) is 0 Å². The van der Waals surface area contributed by atoms with Crippen LogP contribution in [0.15, 0.2) is 40.5 Å². The van der Waals surface area contributed by atoms with Gasteiger partial charge in [-0.25, -0.2) is 8.78 Å². The Balaban J connectivity index is 3.50. The molecule has 126 valence electrons. The van der Waals surface area contributed by atoms with Gasteiger partial charge in [0.15, 0.2) is 5.84 Å². The molecule has 1 rings (SSSR count). The summed E-state index contributed by atoms with van der Waals surface area (Å²) in [5, 5.41) is 3.37. The van der Waals surface area contributed by atoms with E-state index in [0.717, 1.165) is 0 Å². The summed E-state index contributed by atoms with van der Waals surface area (Å²) in [6.45, 7) is 1.59. The molecule has 0 atom stereocenters. The van der Waals surface area contributed by atoms with Crippen molar-refractivity contribution in [1.29, 1.82) is 0 Å². The molecule has 0 aromatic heterocycles. The van der Waals surface area contributed by atoms with Crippen molar-refractivity contribution in [3.8, 4) is 0 Å². The van der Waals surface area contributed by atoms with Gasteiger partial charge in [-0.3, -0.25) is 5.43 Å². The van der Waals surface area contributed by atoms with Gasteiger partial charge in [0.1, 0.15) is 4.90 Å². The van der Waals surface area contributed by atoms with Gasteiger partial charge in [-0.2, -0.15) is 5.10 Å². The van der Waals surface area contributed by atoms with Gasteiger partial charge in [0.05, 0.1) is 0 Å². The van der Waals surface area contributed by atoms with Crippen molar-refractivity contribution >= 4 is 16.1 Å². The normalized spacial score (nSPS) is 16.7. The van der Waals surface area contributed by atoms with E-state index >= 15 is 0 Å². The van der Waals surface area contributed by atoms with E-state index < -0.39 is 38.5 Å². The van der Waals surface area contributed by atoms with Crippen LogP contribution in [0.2, 0.25) is 0 Å². The fourth-order valence-corrected chi connectivity index (χ4v) is 2.07. The number of benzene rings is 1. The van der Waals surface area contributed by atoms with Gasteiger partial charge in [0, 0.05) is 17.3 Å². The third-order valence-electron chi connectivity index (χ3n) is 2.35. The van der Waals surface area contributed by atoms with Crippen LogP contribution >= 0.6 is 10.2 Å². The van der Waals surface area contributed by atoms with Crippen LogP contribution in [-0.4, -0.2) is 5.84 Å². The first-order chi connectivity index (χ1) is 9.74. The standard InChI is InChI=1S/C11H12F7N3S/c1-2-3-20-21-11(19)8-4-7(10(12)13)5-9(6-8)22(14,15,16,17)18/h2-6,10,20H,1H3,(H2,19,21)/b3-2-. The third-order valence-corrected chi connectivity index (χ3v) is 3.47. The highest BCUT2D eigenvalue weighted by Gasteiger charge is 2.65. The molecule has 0 unspecified atom stereocenters. The van der Waals surface area contributed by atoms with Crippen LogP contribution in [0.3, 0.4) is 0 Å². The van der Waals surface area contributed by atoms with Crippen LogP contribution in [0.25, 0.3) is 0 Å². The van der Waals surface area contributed by atoms with Gasteiger partial charge in [-0.1, -0.05) is 25.5 Å². The van der Waals surface area contributed by atoms with E-state index in [1.54, 1.807) is 6.92 Å². The summed E-state index contributed by atoms with van der Waals surface area (Å²) in [5.41, 5.74) is 5.58. The molecule has 0 aliphatic heterocycles. The number of nitrogens with one attached hydrogen (secondary N) is 1. The molecule has 3 N–H and O–H groups in total. The molecule has 0 radical (unpaired) electrons. The number of hydrogen-bond acceptors (Lipinski definition) is 2. The summed E-state index contributed by atoms with van der Waals surface area (Å²) >= 11 is 0. The van der Waals surface area contributed by atoms with E-state index in [2.05, 4.69) is 10.5 Å². The average Bonchev–Trinajstić information content (AvgIpc) is 2.35. The Kier molecular flexibility index (Phi) is 4.18. The summed E-state index contributed by atoms with van der Waals surface area (Å²) in [6.07, 6.45) is -0.670. The number of amidine groups is 1. The lowest BCUT2D eigenvalue weighted by Gasteiger charge is -2.40. The van der Waals surface area contributed by atoms with E-state index in [1.807, 2.05) is 0 Å². The second kappa shape index (κ2) is 5.07. The van der Waals surface area contributed by atoms with Crippen molar-refractivity contribution < 1.29 is 28.2 Å². The third kappa shape index (κ3) is 4.83. The number of alkyl halides is 2. The quantitative estimate of drug-likeness (QED) is 0.338. The molecule has 22 heavy (non-hydrogen) atoms. The van der Waals surface area contributed by atoms with E-state index in [0.29, 0.717) is 6.07 Å². The van der Waals surface area contributed by atoms with Crippen molar-refractivity contribution in [2.75, 3.05) is 0 Å². The molecule has 1 aromatic carbocycles. The van der Waals surface area contributed by atoms with E-state index in [-0.39, 0.29) is 12.1 Å². The lowest BCUT2D eigenvalue weighted by atomic mass is 10.1. The minimum atomic E-state index is -10.1. The first-order valence-corrected chi connectivity index (χ1v) is 7.57. The van der Waals surface area contributed by atoms with Crippen molar-refractivity contribution in [3.05, 3.63) is 41.6 Å². The summed E-state index contributed by atoms with van der Waals surface area (Å²) in [5.74, 6) is -0.649. The van der Waals surface area contributed by atoms with E-state index in [9.17, 15) is 28.2 Å². The predicted molar refractivity (Wildman–Crippen MR) is 71.5 cm³/mol. The molecule has 0 spiro atoms. The molecular weight excluding hydrogens is 339 g/mol. The van der Waals surface area contributed by atoms with Gasteiger partial charge in [0.2, 0.25) is 0 Å². The lowest BCUT2D eigenvalue weighted by Crippen LogP contribution is -2.18. The summed E-state index contributed by atoms with van der Waals surface area (Å²) in [6, 6.07) is 0.264.